The van der Waals surface area contributed by atoms with Crippen LogP contribution in [-0.4, -0.2) is 11.1 Å². The van der Waals surface area contributed by atoms with Crippen LogP contribution < -0.4 is 10.5 Å². The fraction of sp³-hybridized carbons (Fsp3) is 0.0833. The van der Waals surface area contributed by atoms with E-state index < -0.39 is 5.97 Å². The minimum atomic E-state index is -1.05. The van der Waals surface area contributed by atoms with Gasteiger partial charge in [0.25, 0.3) is 0 Å². The third kappa shape index (κ3) is 3.23. The minimum absolute atomic E-state index is 0.115. The van der Waals surface area contributed by atoms with Crippen molar-refractivity contribution in [3.05, 3.63) is 46.9 Å². The lowest BCUT2D eigenvalue weighted by Gasteiger charge is -2.11. The van der Waals surface area contributed by atoms with Crippen molar-refractivity contribution in [3.8, 4) is 0 Å². The molecular formula is C12H11ClN2O3S. The number of aromatic carboxylic acids is 1. The van der Waals surface area contributed by atoms with Crippen LogP contribution in [0.15, 0.2) is 39.8 Å². The largest absolute Gasteiger partial charge is 0.478 e. The van der Waals surface area contributed by atoms with Crippen molar-refractivity contribution in [1.29, 1.82) is 0 Å². The van der Waals surface area contributed by atoms with Crippen molar-refractivity contribution in [2.75, 3.05) is 5.32 Å². The standard InChI is InChI=1S/C12H11ClN2O3S/c13-9-5-10(15-6-7-2-1-3-18-7)8(12(16)17)4-11(9)19-14/h1-5,15H,6,14H2,(H,16,17). The lowest BCUT2D eigenvalue weighted by Crippen LogP contribution is -2.06. The quantitative estimate of drug-likeness (QED) is 0.735. The van der Waals surface area contributed by atoms with E-state index in [1.807, 2.05) is 0 Å². The Morgan fingerprint density at radius 1 is 1.53 bits per heavy atom. The Morgan fingerprint density at radius 2 is 2.32 bits per heavy atom. The van der Waals surface area contributed by atoms with Crippen LogP contribution in [0, 0.1) is 0 Å². The molecule has 0 aliphatic rings. The van der Waals surface area contributed by atoms with E-state index in [2.05, 4.69) is 5.32 Å². The monoisotopic (exact) mass is 298 g/mol. The number of carbonyl (C=O) groups is 1. The van der Waals surface area contributed by atoms with Crippen molar-refractivity contribution < 1.29 is 14.3 Å². The van der Waals surface area contributed by atoms with Gasteiger partial charge in [-0.1, -0.05) is 11.6 Å². The maximum Gasteiger partial charge on any atom is 0.337 e. The van der Waals surface area contributed by atoms with Crippen molar-refractivity contribution in [1.82, 2.24) is 0 Å². The molecule has 0 radical (unpaired) electrons. The zero-order chi connectivity index (χ0) is 13.8. The van der Waals surface area contributed by atoms with Crippen molar-refractivity contribution in [3.63, 3.8) is 0 Å². The Hall–Kier alpha value is -1.63. The van der Waals surface area contributed by atoms with Crippen LogP contribution in [0.1, 0.15) is 16.1 Å². The Morgan fingerprint density at radius 3 is 2.89 bits per heavy atom. The summed E-state index contributed by atoms with van der Waals surface area (Å²) < 4.78 is 5.16. The van der Waals surface area contributed by atoms with Gasteiger partial charge in [-0.2, -0.15) is 0 Å². The number of carboxylic acid groups (broad SMARTS) is 1. The molecule has 7 heteroatoms. The van der Waals surface area contributed by atoms with Gasteiger partial charge in [0.15, 0.2) is 0 Å². The van der Waals surface area contributed by atoms with Gasteiger partial charge in [-0.15, -0.1) is 0 Å². The van der Waals surface area contributed by atoms with Crippen LogP contribution in [0.4, 0.5) is 5.69 Å². The first-order valence-corrected chi connectivity index (χ1v) is 6.57. The molecule has 2 rings (SSSR count). The Bertz CT molecular complexity index is 587. The molecule has 4 N–H and O–H groups in total. The van der Waals surface area contributed by atoms with Crippen LogP contribution in [0.25, 0.3) is 0 Å². The number of furan rings is 1. The Kier molecular flexibility index (Phi) is 4.36. The molecule has 0 spiro atoms. The van der Waals surface area contributed by atoms with Gasteiger partial charge >= 0.3 is 5.97 Å². The molecule has 1 aromatic heterocycles. The zero-order valence-corrected chi connectivity index (χ0v) is 11.3. The van der Waals surface area contributed by atoms with E-state index in [9.17, 15) is 9.90 Å². The summed E-state index contributed by atoms with van der Waals surface area (Å²) in [6.07, 6.45) is 1.55. The predicted octanol–water partition coefficient (Wildman–Crippen LogP) is 3.21. The van der Waals surface area contributed by atoms with Gasteiger partial charge in [-0.25, -0.2) is 4.79 Å². The van der Waals surface area contributed by atoms with E-state index in [1.54, 1.807) is 24.5 Å². The number of benzene rings is 1. The van der Waals surface area contributed by atoms with Crippen LogP contribution in [-0.2, 0) is 6.54 Å². The second-order valence-electron chi connectivity index (χ2n) is 3.68. The zero-order valence-electron chi connectivity index (χ0n) is 9.72. The first kappa shape index (κ1) is 13.8. The summed E-state index contributed by atoms with van der Waals surface area (Å²) >= 11 is 6.92. The number of carboxylic acids is 1. The molecule has 0 aliphatic carbocycles. The summed E-state index contributed by atoms with van der Waals surface area (Å²) in [6, 6.07) is 6.54. The number of anilines is 1. The molecule has 1 aromatic carbocycles. The number of nitrogens with one attached hydrogen (secondary N) is 1. The average Bonchev–Trinajstić information content (AvgIpc) is 2.89. The number of nitrogens with two attached hydrogens (primary N) is 1. The maximum absolute atomic E-state index is 11.2. The second kappa shape index (κ2) is 6.01. The van der Waals surface area contributed by atoms with Crippen LogP contribution in [0.2, 0.25) is 5.02 Å². The van der Waals surface area contributed by atoms with Gasteiger partial charge in [0.2, 0.25) is 0 Å². The van der Waals surface area contributed by atoms with Gasteiger partial charge in [0.1, 0.15) is 5.76 Å². The topological polar surface area (TPSA) is 88.5 Å². The molecule has 2 aromatic rings. The molecular weight excluding hydrogens is 288 g/mol. The molecule has 0 atom stereocenters. The van der Waals surface area contributed by atoms with Gasteiger partial charge in [0.05, 0.1) is 29.1 Å². The lowest BCUT2D eigenvalue weighted by atomic mass is 10.1. The summed E-state index contributed by atoms with van der Waals surface area (Å²) in [5.74, 6) is -0.348. The molecule has 0 bridgehead atoms. The Balaban J connectivity index is 2.27. The fourth-order valence-corrected chi connectivity index (χ4v) is 2.22. The third-order valence-corrected chi connectivity index (χ3v) is 3.48. The molecule has 5 nitrogen and oxygen atoms in total. The van der Waals surface area contributed by atoms with Gasteiger partial charge in [0, 0.05) is 4.90 Å². The smallest absolute Gasteiger partial charge is 0.337 e. The van der Waals surface area contributed by atoms with Crippen molar-refractivity contribution >= 4 is 35.2 Å². The van der Waals surface area contributed by atoms with E-state index in [1.165, 1.54) is 6.07 Å². The molecule has 0 fully saturated rings. The molecule has 0 saturated heterocycles. The summed E-state index contributed by atoms with van der Waals surface area (Å²) in [7, 11) is 0. The molecule has 0 amide bonds. The van der Waals surface area contributed by atoms with Crippen molar-refractivity contribution in [2.24, 2.45) is 5.14 Å². The number of halogens is 1. The summed E-state index contributed by atoms with van der Waals surface area (Å²) in [4.78, 5) is 11.7. The number of hydrogen-bond donors (Lipinski definition) is 3. The molecule has 0 aliphatic heterocycles. The molecule has 0 unspecified atom stereocenters. The molecule has 1 heterocycles. The first-order chi connectivity index (χ1) is 9.11. The summed E-state index contributed by atoms with van der Waals surface area (Å²) in [5, 5.41) is 18.0. The normalized spacial score (nSPS) is 10.4. The third-order valence-electron chi connectivity index (χ3n) is 2.46. The van der Waals surface area contributed by atoms with E-state index >= 15 is 0 Å². The first-order valence-electron chi connectivity index (χ1n) is 5.31. The average molecular weight is 299 g/mol. The minimum Gasteiger partial charge on any atom is -0.478 e. The SMILES string of the molecule is NSc1cc(C(=O)O)c(NCc2ccco2)cc1Cl. The van der Waals surface area contributed by atoms with Crippen molar-refractivity contribution in [2.45, 2.75) is 11.4 Å². The molecule has 0 saturated carbocycles. The summed E-state index contributed by atoms with van der Waals surface area (Å²) in [5.41, 5.74) is 0.538. The van der Waals surface area contributed by atoms with Crippen LogP contribution >= 0.6 is 23.5 Å². The lowest BCUT2D eigenvalue weighted by molar-refractivity contribution is 0.0697. The Labute approximate surface area is 118 Å². The highest BCUT2D eigenvalue weighted by atomic mass is 35.5. The van der Waals surface area contributed by atoms with Crippen LogP contribution in [0.3, 0.4) is 0 Å². The van der Waals surface area contributed by atoms with Gasteiger partial charge < -0.3 is 14.8 Å². The van der Waals surface area contributed by atoms with Gasteiger partial charge in [-0.3, -0.25) is 5.14 Å². The van der Waals surface area contributed by atoms with Gasteiger partial charge in [-0.05, 0) is 36.2 Å². The number of rotatable bonds is 5. The molecule has 19 heavy (non-hydrogen) atoms. The highest BCUT2D eigenvalue weighted by Crippen LogP contribution is 2.30. The number of hydrogen-bond acceptors (Lipinski definition) is 5. The molecule has 100 valence electrons. The fourth-order valence-electron chi connectivity index (χ4n) is 1.56. The maximum atomic E-state index is 11.2. The predicted molar refractivity (Wildman–Crippen MR) is 74.5 cm³/mol. The summed E-state index contributed by atoms with van der Waals surface area (Å²) in [6.45, 7) is 0.374. The van der Waals surface area contributed by atoms with E-state index in [0.717, 1.165) is 11.9 Å². The highest BCUT2D eigenvalue weighted by molar-refractivity contribution is 7.97. The highest BCUT2D eigenvalue weighted by Gasteiger charge is 2.14. The second-order valence-corrected chi connectivity index (χ2v) is 4.77. The van der Waals surface area contributed by atoms with E-state index in [-0.39, 0.29) is 5.56 Å². The van der Waals surface area contributed by atoms with E-state index in [4.69, 9.17) is 21.2 Å². The van der Waals surface area contributed by atoms with Crippen LogP contribution in [0.5, 0.6) is 0 Å². The van der Waals surface area contributed by atoms with E-state index in [0.29, 0.717) is 27.9 Å².